The van der Waals surface area contributed by atoms with Gasteiger partial charge in [0, 0.05) is 12.8 Å². The highest BCUT2D eigenvalue weighted by atomic mass is 16.7. The first-order chi connectivity index (χ1) is 49.6. The van der Waals surface area contributed by atoms with Gasteiger partial charge in [0.1, 0.15) is 13.2 Å². The van der Waals surface area contributed by atoms with E-state index >= 15 is 0 Å². The van der Waals surface area contributed by atoms with Crippen molar-refractivity contribution in [1.29, 1.82) is 0 Å². The molecular formula is C92H165NO8. The van der Waals surface area contributed by atoms with Crippen LogP contribution in [0.5, 0.6) is 0 Å². The molecule has 0 rings (SSSR count). The first kappa shape index (κ1) is 97.2. The Labute approximate surface area is 626 Å². The first-order valence-electron chi connectivity index (χ1n) is 43.4. The fraction of sp³-hybridized carbons (Fsp3) is 0.793. The molecule has 0 spiro atoms. The second kappa shape index (κ2) is 81.9. The third kappa shape index (κ3) is 83.4. The van der Waals surface area contributed by atoms with Gasteiger partial charge in [-0.25, -0.2) is 0 Å². The van der Waals surface area contributed by atoms with E-state index in [1.165, 1.54) is 283 Å². The van der Waals surface area contributed by atoms with Gasteiger partial charge in [-0.15, -0.1) is 0 Å². The average Bonchev–Trinajstić information content (AvgIpc) is 1.25. The van der Waals surface area contributed by atoms with Crippen LogP contribution in [0.3, 0.4) is 0 Å². The summed E-state index contributed by atoms with van der Waals surface area (Å²) in [5.74, 6) is -2.27. The molecule has 0 fully saturated rings. The number of carbonyl (C=O) groups is 3. The number of rotatable bonds is 81. The Morgan fingerprint density at radius 3 is 0.842 bits per heavy atom. The van der Waals surface area contributed by atoms with Crippen LogP contribution in [0, 0.1) is 0 Å². The molecule has 2 atom stereocenters. The van der Waals surface area contributed by atoms with Crippen molar-refractivity contribution in [3.8, 4) is 0 Å². The summed E-state index contributed by atoms with van der Waals surface area (Å²) in [7, 11) is 5.94. The fourth-order valence-electron chi connectivity index (χ4n) is 12.8. The molecule has 9 heteroatoms. The Morgan fingerprint density at radius 1 is 0.307 bits per heavy atom. The number of esters is 2. The van der Waals surface area contributed by atoms with Crippen LogP contribution in [-0.2, 0) is 33.3 Å². The van der Waals surface area contributed by atoms with Gasteiger partial charge >= 0.3 is 11.9 Å². The smallest absolute Gasteiger partial charge is 0.306 e. The van der Waals surface area contributed by atoms with Crippen LogP contribution in [0.4, 0.5) is 0 Å². The number of aliphatic carboxylic acids is 1. The van der Waals surface area contributed by atoms with Crippen molar-refractivity contribution in [2.45, 2.75) is 424 Å². The Bertz CT molecular complexity index is 1990. The summed E-state index contributed by atoms with van der Waals surface area (Å²) in [5, 5.41) is 11.9. The van der Waals surface area contributed by atoms with Crippen molar-refractivity contribution >= 4 is 17.9 Å². The van der Waals surface area contributed by atoms with Crippen molar-refractivity contribution in [2.24, 2.45) is 0 Å². The van der Waals surface area contributed by atoms with E-state index in [1.54, 1.807) is 0 Å². The zero-order valence-corrected chi connectivity index (χ0v) is 67.3. The monoisotopic (exact) mass is 1410 g/mol. The minimum absolute atomic E-state index is 0.145. The SMILES string of the molecule is CC/C=C\C/C=C\C/C=C\C/C=C\C/C=C\C/C=C\C/C=C\C/C=C\CCCCCCCCCCCCC(=O)OC(COC(=O)CCCCCCCCCCCCCCCCCCCCCCCCCCCCCCCCCCCCCCCCCCC)COC(OCC[N+](C)(C)C)C(=O)[O-]. The molecule has 586 valence electrons. The summed E-state index contributed by atoms with van der Waals surface area (Å²) < 4.78 is 22.9. The number of likely N-dealkylation sites (N-methyl/N-ethyl adjacent to an activating group) is 1. The number of unbranched alkanes of at least 4 members (excludes halogenated alkanes) is 50. The van der Waals surface area contributed by atoms with Gasteiger partial charge in [0.2, 0.25) is 0 Å². The van der Waals surface area contributed by atoms with E-state index in [-0.39, 0.29) is 32.2 Å². The number of nitrogens with zero attached hydrogens (tertiary/aromatic N) is 1. The summed E-state index contributed by atoms with van der Waals surface area (Å²) in [6.07, 6.45) is 111. The summed E-state index contributed by atoms with van der Waals surface area (Å²) in [6, 6.07) is 0. The standard InChI is InChI=1S/C92H165NO8/c1-6-8-10-12-14-16-18-20-22-24-26-28-30-32-34-36-38-40-42-43-44-45-46-47-49-50-52-54-56-58-60-62-64-66-68-70-72-74-76-78-80-82-89(94)99-86-88(87-100-92(91(96)97)98-85-84-93(3,4)5)101-90(95)83-81-79-77-75-73-71-69-67-65-63-61-59-57-55-53-51-48-41-39-37-35-33-31-29-27-25-23-21-19-17-15-13-11-9-7-2/h9,11,15,17,21,23,27,29,33,35,39,41,51,53,57,59,88,92H,6-8,10,12-14,16,18-20,22,24-26,28,30-32,34,36-38,40,42-50,52,54-56,58,60-87H2,1-5H3/b11-9-,17-15-,23-21-,29-27-,35-33-,41-39-,53-51-,59-57-. The number of ether oxygens (including phenoxy) is 4. The molecule has 0 bridgehead atoms. The summed E-state index contributed by atoms with van der Waals surface area (Å²) in [6.45, 7) is 4.68. The van der Waals surface area contributed by atoms with Crippen LogP contribution >= 0.6 is 0 Å². The van der Waals surface area contributed by atoms with E-state index in [2.05, 4.69) is 111 Å². The first-order valence-corrected chi connectivity index (χ1v) is 43.4. The Morgan fingerprint density at radius 2 is 0.564 bits per heavy atom. The molecule has 0 amide bonds. The van der Waals surface area contributed by atoms with E-state index in [0.29, 0.717) is 23.9 Å². The molecule has 0 aromatic rings. The molecule has 0 aliphatic carbocycles. The molecule has 0 N–H and O–H groups in total. The topological polar surface area (TPSA) is 111 Å². The normalized spacial score (nSPS) is 13.1. The maximum Gasteiger partial charge on any atom is 0.306 e. The largest absolute Gasteiger partial charge is 0.545 e. The molecule has 0 aromatic carbocycles. The van der Waals surface area contributed by atoms with E-state index in [1.807, 2.05) is 21.1 Å². The lowest BCUT2D eigenvalue weighted by molar-refractivity contribution is -0.870. The number of carboxylic acids is 1. The average molecular weight is 1410 g/mol. The minimum Gasteiger partial charge on any atom is -0.545 e. The van der Waals surface area contributed by atoms with Crippen LogP contribution in [0.1, 0.15) is 412 Å². The van der Waals surface area contributed by atoms with Gasteiger partial charge in [-0.1, -0.05) is 419 Å². The van der Waals surface area contributed by atoms with E-state index in [9.17, 15) is 19.5 Å². The van der Waals surface area contributed by atoms with Crippen LogP contribution in [0.15, 0.2) is 97.2 Å². The Kier molecular flexibility index (Phi) is 78.8. The zero-order chi connectivity index (χ0) is 73.2. The molecule has 0 radical (unpaired) electrons. The number of carbonyl (C=O) groups excluding carboxylic acids is 3. The highest BCUT2D eigenvalue weighted by Crippen LogP contribution is 2.20. The summed E-state index contributed by atoms with van der Waals surface area (Å²) in [4.78, 5) is 37.7. The predicted molar refractivity (Wildman–Crippen MR) is 435 cm³/mol. The number of quaternary nitrogens is 1. The molecule has 0 saturated carbocycles. The van der Waals surface area contributed by atoms with Crippen molar-refractivity contribution in [3.63, 3.8) is 0 Å². The van der Waals surface area contributed by atoms with Crippen molar-refractivity contribution in [1.82, 2.24) is 0 Å². The lowest BCUT2D eigenvalue weighted by atomic mass is 10.0. The van der Waals surface area contributed by atoms with Gasteiger partial charge in [0.25, 0.3) is 0 Å². The van der Waals surface area contributed by atoms with Crippen LogP contribution in [0.2, 0.25) is 0 Å². The van der Waals surface area contributed by atoms with Gasteiger partial charge in [-0.05, 0) is 77.0 Å². The van der Waals surface area contributed by atoms with Gasteiger partial charge in [0.05, 0.1) is 40.3 Å². The minimum atomic E-state index is -1.63. The van der Waals surface area contributed by atoms with Crippen LogP contribution in [0.25, 0.3) is 0 Å². The van der Waals surface area contributed by atoms with Gasteiger partial charge in [0.15, 0.2) is 12.4 Å². The van der Waals surface area contributed by atoms with E-state index in [0.717, 1.165) is 96.3 Å². The lowest BCUT2D eigenvalue weighted by Gasteiger charge is -2.26. The molecular weight excluding hydrogens is 1250 g/mol. The van der Waals surface area contributed by atoms with Crippen molar-refractivity contribution in [2.75, 3.05) is 47.5 Å². The van der Waals surface area contributed by atoms with Crippen molar-refractivity contribution < 1.29 is 42.9 Å². The molecule has 101 heavy (non-hydrogen) atoms. The van der Waals surface area contributed by atoms with Gasteiger partial charge < -0.3 is 33.3 Å². The molecule has 0 aliphatic heterocycles. The lowest BCUT2D eigenvalue weighted by Crippen LogP contribution is -2.44. The number of carboxylic acid groups (broad SMARTS) is 1. The number of allylic oxidation sites excluding steroid dienone is 16. The van der Waals surface area contributed by atoms with Gasteiger partial charge in [-0.3, -0.25) is 9.59 Å². The number of hydrogen-bond donors (Lipinski definition) is 0. The summed E-state index contributed by atoms with van der Waals surface area (Å²) in [5.41, 5.74) is 0. The van der Waals surface area contributed by atoms with E-state index < -0.39 is 24.3 Å². The maximum atomic E-state index is 13.0. The maximum absolute atomic E-state index is 13.0. The molecule has 2 unspecified atom stereocenters. The van der Waals surface area contributed by atoms with Crippen LogP contribution in [-0.4, -0.2) is 82.3 Å². The Balaban J connectivity index is 3.97. The quantitative estimate of drug-likeness (QED) is 0.0195. The molecule has 0 saturated heterocycles. The highest BCUT2D eigenvalue weighted by Gasteiger charge is 2.22. The van der Waals surface area contributed by atoms with Gasteiger partial charge in [-0.2, -0.15) is 0 Å². The molecule has 9 nitrogen and oxygen atoms in total. The predicted octanol–water partition coefficient (Wildman–Crippen LogP) is 26.9. The second-order valence-corrected chi connectivity index (χ2v) is 30.5. The third-order valence-electron chi connectivity index (χ3n) is 19.3. The molecule has 0 aliphatic rings. The van der Waals surface area contributed by atoms with Crippen molar-refractivity contribution in [3.05, 3.63) is 97.2 Å². The zero-order valence-electron chi connectivity index (χ0n) is 67.3. The number of hydrogen-bond acceptors (Lipinski definition) is 8. The molecule has 0 heterocycles. The third-order valence-corrected chi connectivity index (χ3v) is 19.3. The van der Waals surface area contributed by atoms with Crippen LogP contribution < -0.4 is 5.11 Å². The summed E-state index contributed by atoms with van der Waals surface area (Å²) >= 11 is 0. The Hall–Kier alpha value is -3.79. The fourth-order valence-corrected chi connectivity index (χ4v) is 12.8. The second-order valence-electron chi connectivity index (χ2n) is 30.5. The highest BCUT2D eigenvalue weighted by molar-refractivity contribution is 5.70. The van der Waals surface area contributed by atoms with E-state index in [4.69, 9.17) is 18.9 Å². The molecule has 0 aromatic heterocycles.